The minimum Gasteiger partial charge on any atom is -0.459 e. The van der Waals surface area contributed by atoms with Gasteiger partial charge in [0.1, 0.15) is 23.2 Å². The Morgan fingerprint density at radius 3 is 2.46 bits per heavy atom. The van der Waals surface area contributed by atoms with Crippen molar-refractivity contribution in [1.82, 2.24) is 29.4 Å². The van der Waals surface area contributed by atoms with Crippen LogP contribution in [-0.2, 0) is 16.6 Å². The second-order valence-electron chi connectivity index (χ2n) is 14.0. The molecule has 2 saturated heterocycles. The van der Waals surface area contributed by atoms with Crippen LogP contribution in [-0.4, -0.2) is 68.3 Å². The molecule has 0 saturated carbocycles. The van der Waals surface area contributed by atoms with Gasteiger partial charge in [-0.25, -0.2) is 17.9 Å². The summed E-state index contributed by atoms with van der Waals surface area (Å²) in [7, 11) is 3.59. The predicted octanol–water partition coefficient (Wildman–Crippen LogP) is 6.34. The van der Waals surface area contributed by atoms with Gasteiger partial charge in [0.2, 0.25) is 5.91 Å². The number of ether oxygens (including phenoxy) is 2. The number of aromatic nitrogens is 4. The van der Waals surface area contributed by atoms with Crippen molar-refractivity contribution in [3.8, 4) is 17.6 Å². The maximum atomic E-state index is 14.6. The van der Waals surface area contributed by atoms with Crippen molar-refractivity contribution in [2.45, 2.75) is 63.4 Å². The zero-order chi connectivity index (χ0) is 43.4. The average Bonchev–Trinajstić information content (AvgIpc) is 3.87. The molecule has 3 amide bonds. The van der Waals surface area contributed by atoms with Gasteiger partial charge in [-0.05, 0) is 61.9 Å². The number of hydrogen-bond donors (Lipinski definition) is 2. The van der Waals surface area contributed by atoms with Crippen LogP contribution in [0.4, 0.5) is 29.5 Å². The smallest absolute Gasteiger partial charge is 0.459 e. The molecule has 0 bridgehead atoms. The first-order valence-corrected chi connectivity index (χ1v) is 20.1. The van der Waals surface area contributed by atoms with Crippen LogP contribution in [0.3, 0.4) is 0 Å². The molecule has 18 heteroatoms. The fraction of sp³-hybridized carbons (Fsp3) is 0.349. The third kappa shape index (κ3) is 12.1. The Morgan fingerprint density at radius 2 is 1.85 bits per heavy atom. The van der Waals surface area contributed by atoms with E-state index >= 15 is 0 Å². The molecule has 7 rings (SSSR count). The molecule has 0 radical (unpaired) electrons. The normalized spacial score (nSPS) is 14.9. The third-order valence-electron chi connectivity index (χ3n) is 10.2. The molecule has 2 fully saturated rings. The maximum absolute atomic E-state index is 14.6. The summed E-state index contributed by atoms with van der Waals surface area (Å²) in [6.07, 6.45) is 7.83. The van der Waals surface area contributed by atoms with Crippen LogP contribution in [0.2, 0.25) is 0 Å². The molecule has 5 aromatic rings. The van der Waals surface area contributed by atoms with E-state index in [4.69, 9.17) is 9.47 Å². The number of benzene rings is 3. The number of carbonyl (C=O) groups is 2. The molecule has 61 heavy (non-hydrogen) atoms. The molecular formula is C43H48F3N9NaO4S-3. The van der Waals surface area contributed by atoms with E-state index in [1.165, 1.54) is 46.3 Å². The van der Waals surface area contributed by atoms with Crippen LogP contribution in [0, 0.1) is 50.4 Å². The minimum atomic E-state index is -0.611. The van der Waals surface area contributed by atoms with Gasteiger partial charge >= 0.3 is 35.6 Å². The van der Waals surface area contributed by atoms with Crippen molar-refractivity contribution in [3.63, 3.8) is 0 Å². The third-order valence-corrected chi connectivity index (χ3v) is 11.0. The number of carbonyl (C=O) groups excluding carboxylic acids is 2. The molecule has 1 atom stereocenters. The second kappa shape index (κ2) is 23.1. The number of amides is 3. The van der Waals surface area contributed by atoms with E-state index < -0.39 is 17.7 Å². The Hall–Kier alpha value is -4.44. The summed E-state index contributed by atoms with van der Waals surface area (Å²) >= 11 is 1.32. The predicted molar refractivity (Wildman–Crippen MR) is 227 cm³/mol. The summed E-state index contributed by atoms with van der Waals surface area (Å²) < 4.78 is 59.3. The zero-order valence-corrected chi connectivity index (χ0v) is 37.7. The number of nitrogens with one attached hydrogen (secondary N) is 2. The Kier molecular flexibility index (Phi) is 18.7. The summed E-state index contributed by atoms with van der Waals surface area (Å²) in [5.41, 5.74) is 2.95. The van der Waals surface area contributed by atoms with E-state index in [1.807, 2.05) is 24.3 Å². The summed E-state index contributed by atoms with van der Waals surface area (Å²) in [5.74, 6) is -1.29. The van der Waals surface area contributed by atoms with E-state index in [0.29, 0.717) is 52.0 Å². The molecule has 2 aliphatic rings. The fourth-order valence-electron chi connectivity index (χ4n) is 6.50. The van der Waals surface area contributed by atoms with Gasteiger partial charge in [0.25, 0.3) is 0 Å². The molecule has 1 unspecified atom stereocenters. The first kappa shape index (κ1) is 49.2. The summed E-state index contributed by atoms with van der Waals surface area (Å²) in [5, 5.41) is 16.5. The van der Waals surface area contributed by atoms with E-state index in [9.17, 15) is 28.0 Å². The van der Waals surface area contributed by atoms with Gasteiger partial charge in [-0.1, -0.05) is 12.8 Å². The van der Waals surface area contributed by atoms with Gasteiger partial charge in [-0.2, -0.15) is 36.3 Å². The zero-order valence-electron chi connectivity index (χ0n) is 34.8. The Bertz CT molecular complexity index is 2320. The van der Waals surface area contributed by atoms with E-state index in [1.54, 1.807) is 43.7 Å². The number of fused-ring (bicyclic) bond motifs is 2. The first-order valence-electron chi connectivity index (χ1n) is 19.4. The molecule has 4 heterocycles. The molecule has 2 aliphatic heterocycles. The molecule has 320 valence electrons. The van der Waals surface area contributed by atoms with Crippen molar-refractivity contribution in [1.29, 1.82) is 5.26 Å². The van der Waals surface area contributed by atoms with Gasteiger partial charge < -0.3 is 39.4 Å². The van der Waals surface area contributed by atoms with Crippen LogP contribution in [0.1, 0.15) is 68.9 Å². The van der Waals surface area contributed by atoms with Gasteiger partial charge in [-0.3, -0.25) is 29.7 Å². The van der Waals surface area contributed by atoms with Crippen LogP contribution in [0.25, 0.3) is 21.9 Å². The standard InChI is InChI=1S/C18H16FN5OS.C17H18F2N4O2.C8H14O.Na/c1-3-24(2)26-23-15-7-5-14(19)18(13(15)11-20)25-12-4-6-16-17(10-12)22-9-8-21-16;1-3-10(4-6-18)11-9-14-12(8-13(11)19)16(21-22(14)2)23-7-5-15(24)20-17(23)25;1-3-8(4-2)6-5-7-9-8;/h4-10,23H,3H2,1-2H3;6,8-10H,1,3-5,7H2,2H3,(H,20,24,25);1-7H2;/q;2*-2;+1. The molecule has 2 N–H and O–H groups in total. The Balaban J connectivity index is 0.000000221. The number of halogens is 3. The molecule has 0 aliphatic carbocycles. The van der Waals surface area contributed by atoms with E-state index in [-0.39, 0.29) is 83.5 Å². The van der Waals surface area contributed by atoms with E-state index in [0.717, 1.165) is 32.4 Å². The van der Waals surface area contributed by atoms with Crippen molar-refractivity contribution < 1.29 is 61.8 Å². The van der Waals surface area contributed by atoms with Crippen LogP contribution in [0.15, 0.2) is 54.9 Å². The van der Waals surface area contributed by atoms with Gasteiger partial charge in [0.05, 0.1) is 22.2 Å². The Morgan fingerprint density at radius 1 is 1.11 bits per heavy atom. The minimum absolute atomic E-state index is 0. The summed E-state index contributed by atoms with van der Waals surface area (Å²) in [4.78, 5) is 33.1. The number of nitrogens with zero attached hydrogens (tertiary/aromatic N) is 7. The van der Waals surface area contributed by atoms with Gasteiger partial charge in [0.15, 0.2) is 17.4 Å². The quantitative estimate of drug-likeness (QED) is 0.0776. The van der Waals surface area contributed by atoms with Crippen molar-refractivity contribution >= 4 is 57.5 Å². The SMILES string of the molecule is CCN(C)SNc1ccc(F)c(Oc2ccc3nccnc3c2)c1C#N.[CH2-]CC(C[CH-]F)c1cc2c(cc1F)c(N1CCC(=O)NC1=O)nn2C.[CH2-]CC1(C[CH2-])CCCO1.[Na+]. The average molecular weight is 867 g/mol. The monoisotopic (exact) mass is 866 g/mol. The molecule has 3 aromatic carbocycles. The number of imide groups is 1. The molecule has 0 spiro atoms. The maximum Gasteiger partial charge on any atom is 1.00 e. The van der Waals surface area contributed by atoms with Gasteiger partial charge in [0, 0.05) is 74.7 Å². The van der Waals surface area contributed by atoms with Crippen molar-refractivity contribution in [3.05, 3.63) is 105 Å². The first-order chi connectivity index (χ1) is 28.9. The van der Waals surface area contributed by atoms with E-state index in [2.05, 4.69) is 45.9 Å². The van der Waals surface area contributed by atoms with Crippen LogP contribution in [0.5, 0.6) is 11.5 Å². The van der Waals surface area contributed by atoms with Gasteiger partial charge in [-0.15, -0.1) is 6.42 Å². The molecule has 2 aromatic heterocycles. The van der Waals surface area contributed by atoms with Crippen LogP contribution >= 0.6 is 12.1 Å². The van der Waals surface area contributed by atoms with Crippen molar-refractivity contribution in [2.75, 3.05) is 36.4 Å². The molecule has 13 nitrogen and oxygen atoms in total. The second-order valence-corrected chi connectivity index (χ2v) is 15.0. The number of aryl methyl sites for hydroxylation is 1. The molecular weight excluding hydrogens is 819 g/mol. The summed E-state index contributed by atoms with van der Waals surface area (Å²) in [6.45, 7) is 15.8. The topological polar surface area (TPSA) is 151 Å². The van der Waals surface area contributed by atoms with Crippen molar-refractivity contribution in [2.24, 2.45) is 7.05 Å². The fourth-order valence-corrected chi connectivity index (χ4v) is 7.06. The number of hydrogen-bond acceptors (Lipinski definition) is 11. The number of anilines is 2. The Labute approximate surface area is 381 Å². The van der Waals surface area contributed by atoms with Crippen LogP contribution < -0.4 is 49.2 Å². The number of rotatable bonds is 13. The number of nitriles is 1. The largest absolute Gasteiger partial charge is 1.00 e. The number of urea groups is 1. The summed E-state index contributed by atoms with van der Waals surface area (Å²) in [6, 6.07) is 12.2.